The molecule has 3 aromatic rings. The van der Waals surface area contributed by atoms with Crippen molar-refractivity contribution in [2.75, 3.05) is 11.9 Å². The second-order valence-corrected chi connectivity index (χ2v) is 8.04. The minimum atomic E-state index is -3.92. The summed E-state index contributed by atoms with van der Waals surface area (Å²) < 4.78 is 41.0. The van der Waals surface area contributed by atoms with E-state index in [9.17, 15) is 17.6 Å². The van der Waals surface area contributed by atoms with Crippen molar-refractivity contribution in [3.05, 3.63) is 96.3 Å². The first-order chi connectivity index (χ1) is 13.5. The summed E-state index contributed by atoms with van der Waals surface area (Å²) in [7, 11) is -3.92. The highest BCUT2D eigenvalue weighted by Crippen LogP contribution is 2.19. The molecule has 1 N–H and O–H groups in total. The number of halogens is 1. The van der Waals surface area contributed by atoms with Gasteiger partial charge in [-0.3, -0.25) is 4.79 Å². The van der Waals surface area contributed by atoms with Crippen LogP contribution in [0.2, 0.25) is 0 Å². The van der Waals surface area contributed by atoms with E-state index in [4.69, 9.17) is 0 Å². The largest absolute Gasteiger partial charge is 0.322 e. The van der Waals surface area contributed by atoms with Gasteiger partial charge in [0.1, 0.15) is 5.82 Å². The summed E-state index contributed by atoms with van der Waals surface area (Å²) in [6.07, 6.45) is 0. The molecule has 0 aliphatic rings. The fourth-order valence-corrected chi connectivity index (χ4v) is 4.07. The number of amides is 1. The monoisotopic (exact) mass is 398 g/mol. The fraction of sp³-hybridized carbons (Fsp3) is 0.0952. The third-order valence-electron chi connectivity index (χ3n) is 4.05. The van der Waals surface area contributed by atoms with Gasteiger partial charge in [-0.1, -0.05) is 60.7 Å². The Labute approximate surface area is 163 Å². The number of sulfonamides is 1. The summed E-state index contributed by atoms with van der Waals surface area (Å²) in [5.74, 6) is -1.21. The number of para-hydroxylation sites is 1. The topological polar surface area (TPSA) is 66.5 Å². The molecule has 0 aromatic heterocycles. The van der Waals surface area contributed by atoms with Crippen LogP contribution in [0.1, 0.15) is 5.56 Å². The number of anilines is 1. The van der Waals surface area contributed by atoms with E-state index in [2.05, 4.69) is 5.32 Å². The highest BCUT2D eigenvalue weighted by molar-refractivity contribution is 7.89. The third kappa shape index (κ3) is 4.82. The Bertz CT molecular complexity index is 1040. The molecular formula is C21H19FN2O3S. The molecule has 28 heavy (non-hydrogen) atoms. The second kappa shape index (κ2) is 8.77. The van der Waals surface area contributed by atoms with Gasteiger partial charge in [-0.15, -0.1) is 0 Å². The predicted molar refractivity (Wildman–Crippen MR) is 106 cm³/mol. The van der Waals surface area contributed by atoms with E-state index < -0.39 is 28.3 Å². The summed E-state index contributed by atoms with van der Waals surface area (Å²) in [5, 5.41) is 2.43. The maximum Gasteiger partial charge on any atom is 0.243 e. The lowest BCUT2D eigenvalue weighted by molar-refractivity contribution is -0.116. The van der Waals surface area contributed by atoms with Gasteiger partial charge in [0, 0.05) is 6.54 Å². The van der Waals surface area contributed by atoms with Crippen LogP contribution in [0.5, 0.6) is 0 Å². The molecule has 1 amide bonds. The maximum absolute atomic E-state index is 13.8. The number of hydrogen-bond acceptors (Lipinski definition) is 3. The maximum atomic E-state index is 13.8. The third-order valence-corrected chi connectivity index (χ3v) is 5.86. The smallest absolute Gasteiger partial charge is 0.243 e. The molecule has 5 nitrogen and oxygen atoms in total. The zero-order chi connectivity index (χ0) is 20.0. The van der Waals surface area contributed by atoms with Gasteiger partial charge in [-0.05, 0) is 29.8 Å². The van der Waals surface area contributed by atoms with Crippen molar-refractivity contribution in [1.82, 2.24) is 4.31 Å². The van der Waals surface area contributed by atoms with E-state index in [0.717, 1.165) is 9.87 Å². The first kappa shape index (κ1) is 19.7. The standard InChI is InChI=1S/C21H19FN2O3S/c22-19-13-7-8-14-20(19)23-21(25)16-24(15-17-9-3-1-4-10-17)28(26,27)18-11-5-2-6-12-18/h1-14H,15-16H2,(H,23,25). The average Bonchev–Trinajstić information content (AvgIpc) is 2.71. The van der Waals surface area contributed by atoms with Crippen LogP contribution < -0.4 is 5.32 Å². The van der Waals surface area contributed by atoms with E-state index in [1.807, 2.05) is 6.07 Å². The Balaban J connectivity index is 1.86. The van der Waals surface area contributed by atoms with Crippen molar-refractivity contribution >= 4 is 21.6 Å². The van der Waals surface area contributed by atoms with Crippen LogP contribution in [-0.2, 0) is 21.4 Å². The molecule has 0 aliphatic carbocycles. The van der Waals surface area contributed by atoms with E-state index in [0.29, 0.717) is 0 Å². The molecule has 0 saturated carbocycles. The van der Waals surface area contributed by atoms with E-state index >= 15 is 0 Å². The molecule has 3 aromatic carbocycles. The molecule has 3 rings (SSSR count). The van der Waals surface area contributed by atoms with E-state index in [-0.39, 0.29) is 17.1 Å². The lowest BCUT2D eigenvalue weighted by atomic mass is 10.2. The molecule has 0 bridgehead atoms. The first-order valence-electron chi connectivity index (χ1n) is 8.60. The lowest BCUT2D eigenvalue weighted by Gasteiger charge is -2.22. The number of benzene rings is 3. The molecule has 0 unspecified atom stereocenters. The minimum absolute atomic E-state index is 0.00395. The van der Waals surface area contributed by atoms with Gasteiger partial charge in [0.05, 0.1) is 17.1 Å². The predicted octanol–water partition coefficient (Wildman–Crippen LogP) is 3.66. The Morgan fingerprint density at radius 1 is 0.857 bits per heavy atom. The van der Waals surface area contributed by atoms with Crippen LogP contribution in [0, 0.1) is 5.82 Å². The summed E-state index contributed by atoms with van der Waals surface area (Å²) in [6.45, 7) is -0.427. The molecule has 0 heterocycles. The van der Waals surface area contributed by atoms with Crippen LogP contribution in [-0.4, -0.2) is 25.2 Å². The lowest BCUT2D eigenvalue weighted by Crippen LogP contribution is -2.37. The average molecular weight is 398 g/mol. The van der Waals surface area contributed by atoms with Gasteiger partial charge in [0.2, 0.25) is 15.9 Å². The summed E-state index contributed by atoms with van der Waals surface area (Å²) in [5.41, 5.74) is 0.741. The summed E-state index contributed by atoms with van der Waals surface area (Å²) in [6, 6.07) is 22.6. The molecule has 0 fully saturated rings. The van der Waals surface area contributed by atoms with Gasteiger partial charge in [-0.25, -0.2) is 12.8 Å². The Morgan fingerprint density at radius 3 is 2.07 bits per heavy atom. The van der Waals surface area contributed by atoms with Crippen LogP contribution in [0.3, 0.4) is 0 Å². The number of hydrogen-bond donors (Lipinski definition) is 1. The minimum Gasteiger partial charge on any atom is -0.322 e. The Morgan fingerprint density at radius 2 is 1.43 bits per heavy atom. The Hall–Kier alpha value is -3.03. The molecule has 0 atom stereocenters. The van der Waals surface area contributed by atoms with Gasteiger partial charge in [-0.2, -0.15) is 4.31 Å². The zero-order valence-corrected chi connectivity index (χ0v) is 15.8. The van der Waals surface area contributed by atoms with E-state index in [1.54, 1.807) is 48.5 Å². The van der Waals surface area contributed by atoms with Crippen LogP contribution in [0.4, 0.5) is 10.1 Å². The van der Waals surface area contributed by atoms with Crippen molar-refractivity contribution in [2.24, 2.45) is 0 Å². The second-order valence-electron chi connectivity index (χ2n) is 6.10. The Kier molecular flexibility index (Phi) is 6.18. The fourth-order valence-electron chi connectivity index (χ4n) is 2.67. The number of carbonyl (C=O) groups excluding carboxylic acids is 1. The molecule has 0 saturated heterocycles. The zero-order valence-electron chi connectivity index (χ0n) is 15.0. The van der Waals surface area contributed by atoms with Crippen molar-refractivity contribution in [3.63, 3.8) is 0 Å². The SMILES string of the molecule is O=C(CN(Cc1ccccc1)S(=O)(=O)c1ccccc1)Nc1ccccc1F. The van der Waals surface area contributed by atoms with Crippen LogP contribution >= 0.6 is 0 Å². The van der Waals surface area contributed by atoms with Gasteiger partial charge < -0.3 is 5.32 Å². The van der Waals surface area contributed by atoms with Crippen LogP contribution in [0.25, 0.3) is 0 Å². The quantitative estimate of drug-likeness (QED) is 0.661. The normalized spacial score (nSPS) is 11.4. The van der Waals surface area contributed by atoms with Crippen molar-refractivity contribution in [1.29, 1.82) is 0 Å². The van der Waals surface area contributed by atoms with Crippen molar-refractivity contribution < 1.29 is 17.6 Å². The molecule has 0 aliphatic heterocycles. The highest BCUT2D eigenvalue weighted by atomic mass is 32.2. The molecular weight excluding hydrogens is 379 g/mol. The van der Waals surface area contributed by atoms with E-state index in [1.165, 1.54) is 30.3 Å². The highest BCUT2D eigenvalue weighted by Gasteiger charge is 2.27. The van der Waals surface area contributed by atoms with Crippen molar-refractivity contribution in [2.45, 2.75) is 11.4 Å². The number of nitrogens with zero attached hydrogens (tertiary/aromatic N) is 1. The number of rotatable bonds is 7. The number of carbonyl (C=O) groups is 1. The van der Waals surface area contributed by atoms with Crippen molar-refractivity contribution in [3.8, 4) is 0 Å². The summed E-state index contributed by atoms with van der Waals surface area (Å²) in [4.78, 5) is 12.5. The molecule has 0 radical (unpaired) electrons. The molecule has 144 valence electrons. The summed E-state index contributed by atoms with van der Waals surface area (Å²) >= 11 is 0. The number of nitrogens with one attached hydrogen (secondary N) is 1. The molecule has 0 spiro atoms. The molecule has 7 heteroatoms. The van der Waals surface area contributed by atoms with Gasteiger partial charge >= 0.3 is 0 Å². The first-order valence-corrected chi connectivity index (χ1v) is 10.0. The van der Waals surface area contributed by atoms with Gasteiger partial charge in [0.25, 0.3) is 0 Å². The van der Waals surface area contributed by atoms with Gasteiger partial charge in [0.15, 0.2) is 0 Å². The van der Waals surface area contributed by atoms with Crippen LogP contribution in [0.15, 0.2) is 89.8 Å².